The predicted octanol–water partition coefficient (Wildman–Crippen LogP) is 3.27. The van der Waals surface area contributed by atoms with Gasteiger partial charge in [0.1, 0.15) is 0 Å². The van der Waals surface area contributed by atoms with Crippen LogP contribution >= 0.6 is 0 Å². The maximum absolute atomic E-state index is 13.0. The molecule has 0 saturated carbocycles. The lowest BCUT2D eigenvalue weighted by Gasteiger charge is -2.33. The summed E-state index contributed by atoms with van der Waals surface area (Å²) in [5.74, 6) is -0.494. The van der Waals surface area contributed by atoms with E-state index >= 15 is 0 Å². The third-order valence-corrected chi connectivity index (χ3v) is 4.48. The number of para-hydroxylation sites is 1. The first-order valence-corrected chi connectivity index (χ1v) is 8.96. The number of benzene rings is 1. The molecule has 0 atom stereocenters. The smallest absolute Gasteiger partial charge is 0.353 e. The molecule has 2 amide bonds. The molecule has 0 bridgehead atoms. The van der Waals surface area contributed by atoms with Gasteiger partial charge in [0.2, 0.25) is 11.8 Å². The van der Waals surface area contributed by atoms with Crippen LogP contribution in [0.25, 0.3) is 0 Å². The fourth-order valence-electron chi connectivity index (χ4n) is 2.87. The molecule has 0 radical (unpaired) electrons. The van der Waals surface area contributed by atoms with Crippen molar-refractivity contribution in [3.63, 3.8) is 0 Å². The number of alkyl halides is 3. The zero-order chi connectivity index (χ0) is 20.2. The Hall–Kier alpha value is -2.09. The summed E-state index contributed by atoms with van der Waals surface area (Å²) in [5, 5.41) is 5.36. The molecule has 27 heavy (non-hydrogen) atoms. The standard InChI is InChI=1S/C19H26F3N3O2/c1-18(2,3)17(27)23-13-8-10-25(11-9-13)12-16(26)24-15-7-5-4-6-14(15)19(20,21)22/h4-7,13H,8-12H2,1-3H3,(H,23,27)(H,24,26). The Bertz CT molecular complexity index is 676. The minimum atomic E-state index is -4.52. The normalized spacial score (nSPS) is 16.8. The summed E-state index contributed by atoms with van der Waals surface area (Å²) < 4.78 is 39.0. The number of anilines is 1. The van der Waals surface area contributed by atoms with E-state index in [1.54, 1.807) is 0 Å². The van der Waals surface area contributed by atoms with E-state index in [9.17, 15) is 22.8 Å². The Morgan fingerprint density at radius 1 is 1.11 bits per heavy atom. The van der Waals surface area contributed by atoms with Crippen LogP contribution in [0.4, 0.5) is 18.9 Å². The van der Waals surface area contributed by atoms with Crippen molar-refractivity contribution in [1.29, 1.82) is 0 Å². The highest BCUT2D eigenvalue weighted by Crippen LogP contribution is 2.34. The van der Waals surface area contributed by atoms with Gasteiger partial charge < -0.3 is 10.6 Å². The Labute approximate surface area is 157 Å². The predicted molar refractivity (Wildman–Crippen MR) is 97.1 cm³/mol. The number of rotatable bonds is 4. The molecule has 8 heteroatoms. The number of carbonyl (C=O) groups excluding carboxylic acids is 2. The van der Waals surface area contributed by atoms with E-state index < -0.39 is 23.1 Å². The average Bonchev–Trinajstić information content (AvgIpc) is 2.55. The van der Waals surface area contributed by atoms with Gasteiger partial charge >= 0.3 is 6.18 Å². The first-order chi connectivity index (χ1) is 12.5. The van der Waals surface area contributed by atoms with E-state index in [4.69, 9.17) is 0 Å². The van der Waals surface area contributed by atoms with Crippen molar-refractivity contribution in [2.24, 2.45) is 5.41 Å². The zero-order valence-corrected chi connectivity index (χ0v) is 15.8. The van der Waals surface area contributed by atoms with Crippen LogP contribution in [0.15, 0.2) is 24.3 Å². The molecule has 1 aromatic carbocycles. The summed E-state index contributed by atoms with van der Waals surface area (Å²) in [4.78, 5) is 26.1. The van der Waals surface area contributed by atoms with Crippen molar-refractivity contribution in [2.45, 2.75) is 45.8 Å². The molecule has 0 spiro atoms. The van der Waals surface area contributed by atoms with E-state index in [-0.39, 0.29) is 24.2 Å². The zero-order valence-electron chi connectivity index (χ0n) is 15.8. The van der Waals surface area contributed by atoms with Crippen LogP contribution in [0.5, 0.6) is 0 Å². The highest BCUT2D eigenvalue weighted by molar-refractivity contribution is 5.93. The number of likely N-dealkylation sites (tertiary alicyclic amines) is 1. The minimum absolute atomic E-state index is 0.0116. The quantitative estimate of drug-likeness (QED) is 0.836. The molecule has 0 unspecified atom stereocenters. The summed E-state index contributed by atoms with van der Waals surface area (Å²) in [6.07, 6.45) is -3.12. The third kappa shape index (κ3) is 6.23. The number of nitrogens with zero attached hydrogens (tertiary/aromatic N) is 1. The van der Waals surface area contributed by atoms with Crippen molar-refractivity contribution in [1.82, 2.24) is 10.2 Å². The molecule has 1 fully saturated rings. The van der Waals surface area contributed by atoms with Crippen LogP contribution in [-0.2, 0) is 15.8 Å². The summed E-state index contributed by atoms with van der Waals surface area (Å²) >= 11 is 0. The molecule has 1 aliphatic rings. The molecule has 0 aliphatic carbocycles. The van der Waals surface area contributed by atoms with Gasteiger partial charge in [0.25, 0.3) is 0 Å². The number of carbonyl (C=O) groups is 2. The largest absolute Gasteiger partial charge is 0.418 e. The van der Waals surface area contributed by atoms with Gasteiger partial charge in [0.05, 0.1) is 17.8 Å². The first-order valence-electron chi connectivity index (χ1n) is 8.96. The molecule has 2 rings (SSSR count). The van der Waals surface area contributed by atoms with Gasteiger partial charge in [-0.05, 0) is 25.0 Å². The Morgan fingerprint density at radius 3 is 2.26 bits per heavy atom. The number of hydrogen-bond acceptors (Lipinski definition) is 3. The van der Waals surface area contributed by atoms with Crippen molar-refractivity contribution >= 4 is 17.5 Å². The van der Waals surface area contributed by atoms with E-state index in [1.807, 2.05) is 25.7 Å². The fourth-order valence-corrected chi connectivity index (χ4v) is 2.87. The van der Waals surface area contributed by atoms with E-state index in [2.05, 4.69) is 10.6 Å². The highest BCUT2D eigenvalue weighted by Gasteiger charge is 2.34. The number of amides is 2. The summed E-state index contributed by atoms with van der Waals surface area (Å²) in [6.45, 7) is 6.76. The Balaban J connectivity index is 1.84. The first kappa shape index (κ1) is 21.2. The maximum atomic E-state index is 13.0. The minimum Gasteiger partial charge on any atom is -0.353 e. The second-order valence-corrected chi connectivity index (χ2v) is 7.87. The maximum Gasteiger partial charge on any atom is 0.418 e. The Kier molecular flexibility index (Phi) is 6.51. The molecular weight excluding hydrogens is 359 g/mol. The van der Waals surface area contributed by atoms with Crippen LogP contribution in [0, 0.1) is 5.41 Å². The van der Waals surface area contributed by atoms with Crippen LogP contribution in [0.2, 0.25) is 0 Å². The fraction of sp³-hybridized carbons (Fsp3) is 0.579. The summed E-state index contributed by atoms with van der Waals surface area (Å²) in [7, 11) is 0. The van der Waals surface area contributed by atoms with Gasteiger partial charge in [0.15, 0.2) is 0 Å². The Morgan fingerprint density at radius 2 is 1.70 bits per heavy atom. The van der Waals surface area contributed by atoms with Gasteiger partial charge in [-0.2, -0.15) is 13.2 Å². The molecule has 1 aromatic rings. The molecule has 1 heterocycles. The van der Waals surface area contributed by atoms with E-state index in [1.165, 1.54) is 18.2 Å². The molecule has 2 N–H and O–H groups in total. The molecular formula is C19H26F3N3O2. The SMILES string of the molecule is CC(C)(C)C(=O)NC1CCN(CC(=O)Nc2ccccc2C(F)(F)F)CC1. The topological polar surface area (TPSA) is 61.4 Å². The summed E-state index contributed by atoms with van der Waals surface area (Å²) in [5.41, 5.74) is -1.55. The lowest BCUT2D eigenvalue weighted by Crippen LogP contribution is -2.48. The van der Waals surface area contributed by atoms with Crippen LogP contribution in [-0.4, -0.2) is 42.4 Å². The van der Waals surface area contributed by atoms with Crippen LogP contribution in [0.3, 0.4) is 0 Å². The van der Waals surface area contributed by atoms with Gasteiger partial charge in [-0.1, -0.05) is 32.9 Å². The molecule has 150 valence electrons. The average molecular weight is 385 g/mol. The number of piperidine rings is 1. The van der Waals surface area contributed by atoms with Crippen LogP contribution in [0.1, 0.15) is 39.2 Å². The number of nitrogens with one attached hydrogen (secondary N) is 2. The number of halogens is 3. The monoisotopic (exact) mass is 385 g/mol. The van der Waals surface area contributed by atoms with E-state index in [0.717, 1.165) is 6.07 Å². The highest BCUT2D eigenvalue weighted by atomic mass is 19.4. The lowest BCUT2D eigenvalue weighted by atomic mass is 9.94. The molecule has 1 aliphatic heterocycles. The second kappa shape index (κ2) is 8.29. The molecule has 1 saturated heterocycles. The molecule has 0 aromatic heterocycles. The van der Waals surface area contributed by atoms with Gasteiger partial charge in [-0.3, -0.25) is 14.5 Å². The van der Waals surface area contributed by atoms with Gasteiger partial charge in [-0.15, -0.1) is 0 Å². The second-order valence-electron chi connectivity index (χ2n) is 7.87. The van der Waals surface area contributed by atoms with E-state index in [0.29, 0.717) is 25.9 Å². The third-order valence-electron chi connectivity index (χ3n) is 4.48. The van der Waals surface area contributed by atoms with Gasteiger partial charge in [0, 0.05) is 24.5 Å². The van der Waals surface area contributed by atoms with Crippen molar-refractivity contribution in [3.05, 3.63) is 29.8 Å². The van der Waals surface area contributed by atoms with Crippen LogP contribution < -0.4 is 10.6 Å². The summed E-state index contributed by atoms with van der Waals surface area (Å²) in [6, 6.07) is 4.99. The van der Waals surface area contributed by atoms with Crippen molar-refractivity contribution in [2.75, 3.05) is 25.0 Å². The van der Waals surface area contributed by atoms with Crippen molar-refractivity contribution < 1.29 is 22.8 Å². The lowest BCUT2D eigenvalue weighted by molar-refractivity contribution is -0.137. The van der Waals surface area contributed by atoms with Crippen molar-refractivity contribution in [3.8, 4) is 0 Å². The number of hydrogen-bond donors (Lipinski definition) is 2. The van der Waals surface area contributed by atoms with Gasteiger partial charge in [-0.25, -0.2) is 0 Å². The molecule has 5 nitrogen and oxygen atoms in total.